The monoisotopic (exact) mass is 239 g/mol. The molecular weight excluding hydrogens is 226 g/mol. The summed E-state index contributed by atoms with van der Waals surface area (Å²) in [5, 5.41) is 4.03. The number of furan rings is 1. The first-order chi connectivity index (χ1) is 7.33. The van der Waals surface area contributed by atoms with Gasteiger partial charge in [-0.05, 0) is 31.2 Å². The molecule has 0 aliphatic rings. The minimum atomic E-state index is -0.127. The van der Waals surface area contributed by atoms with E-state index in [1.165, 1.54) is 0 Å². The van der Waals surface area contributed by atoms with Gasteiger partial charge in [-0.25, -0.2) is 0 Å². The van der Waals surface area contributed by atoms with Crippen LogP contribution in [0.25, 0.3) is 11.0 Å². The molecule has 0 bridgehead atoms. The Labute approximate surface area is 100 Å². The van der Waals surface area contributed by atoms with Crippen molar-refractivity contribution >= 4 is 29.7 Å². The summed E-state index contributed by atoms with van der Waals surface area (Å²) in [4.78, 5) is 10.7. The number of benzene rings is 1. The molecule has 0 unspecified atom stereocenters. The Morgan fingerprint density at radius 2 is 2.25 bits per heavy atom. The highest BCUT2D eigenvalue weighted by Crippen LogP contribution is 2.17. The fourth-order valence-electron chi connectivity index (χ4n) is 1.60. The number of nitrogens with one attached hydrogen (secondary N) is 1. The average molecular weight is 240 g/mol. The van der Waals surface area contributed by atoms with Crippen molar-refractivity contribution < 1.29 is 9.21 Å². The molecule has 16 heavy (non-hydrogen) atoms. The van der Waals surface area contributed by atoms with Crippen LogP contribution in [0.1, 0.15) is 5.56 Å². The first-order valence-corrected chi connectivity index (χ1v) is 4.92. The third kappa shape index (κ3) is 2.62. The van der Waals surface area contributed by atoms with Gasteiger partial charge in [0.15, 0.2) is 0 Å². The smallest absolute Gasteiger partial charge is 0.137 e. The van der Waals surface area contributed by atoms with Gasteiger partial charge in [0.05, 0.1) is 12.3 Å². The highest BCUT2D eigenvalue weighted by Gasteiger charge is 2.06. The van der Waals surface area contributed by atoms with Crippen LogP contribution in [0.15, 0.2) is 34.9 Å². The van der Waals surface area contributed by atoms with Gasteiger partial charge in [0.2, 0.25) is 0 Å². The Hall–Kier alpha value is -1.32. The fraction of sp³-hybridized carbons (Fsp3) is 0.250. The fourth-order valence-corrected chi connectivity index (χ4v) is 1.60. The zero-order chi connectivity index (χ0) is 10.7. The number of halogens is 1. The molecule has 0 saturated heterocycles. The minimum Gasteiger partial charge on any atom is -0.464 e. The summed E-state index contributed by atoms with van der Waals surface area (Å²) < 4.78 is 5.30. The van der Waals surface area contributed by atoms with E-state index in [1.807, 2.05) is 24.3 Å². The molecule has 0 amide bonds. The van der Waals surface area contributed by atoms with Gasteiger partial charge >= 0.3 is 0 Å². The molecule has 0 aliphatic heterocycles. The lowest BCUT2D eigenvalue weighted by atomic mass is 10.1. The van der Waals surface area contributed by atoms with Crippen LogP contribution in [0.3, 0.4) is 0 Å². The van der Waals surface area contributed by atoms with Gasteiger partial charge in [0, 0.05) is 5.39 Å². The molecule has 1 N–H and O–H groups in total. The number of aldehydes is 1. The summed E-state index contributed by atoms with van der Waals surface area (Å²) in [5.74, 6) is 0. The Morgan fingerprint density at radius 1 is 1.44 bits per heavy atom. The van der Waals surface area contributed by atoms with Crippen LogP contribution in [0.4, 0.5) is 0 Å². The maximum absolute atomic E-state index is 10.7. The van der Waals surface area contributed by atoms with Crippen LogP contribution >= 0.6 is 12.4 Å². The van der Waals surface area contributed by atoms with Crippen molar-refractivity contribution in [3.8, 4) is 0 Å². The highest BCUT2D eigenvalue weighted by molar-refractivity contribution is 5.85. The van der Waals surface area contributed by atoms with Crippen LogP contribution in [0, 0.1) is 0 Å². The van der Waals surface area contributed by atoms with E-state index in [4.69, 9.17) is 4.42 Å². The van der Waals surface area contributed by atoms with Crippen molar-refractivity contribution in [3.05, 3.63) is 36.1 Å². The number of carbonyl (C=O) groups excluding carboxylic acids is 1. The number of fused-ring (bicyclic) bond motifs is 1. The van der Waals surface area contributed by atoms with Gasteiger partial charge in [0.1, 0.15) is 11.9 Å². The van der Waals surface area contributed by atoms with Crippen molar-refractivity contribution in [2.45, 2.75) is 12.5 Å². The van der Waals surface area contributed by atoms with Gasteiger partial charge in [-0.3, -0.25) is 0 Å². The highest BCUT2D eigenvalue weighted by atomic mass is 35.5. The quantitative estimate of drug-likeness (QED) is 0.832. The molecule has 0 spiro atoms. The molecule has 0 radical (unpaired) electrons. The summed E-state index contributed by atoms with van der Waals surface area (Å²) in [6, 6.07) is 7.80. The van der Waals surface area contributed by atoms with E-state index < -0.39 is 0 Å². The zero-order valence-corrected chi connectivity index (χ0v) is 9.79. The summed E-state index contributed by atoms with van der Waals surface area (Å²) in [5.41, 5.74) is 1.97. The van der Waals surface area contributed by atoms with Crippen LogP contribution in [-0.2, 0) is 11.2 Å². The van der Waals surface area contributed by atoms with Gasteiger partial charge in [0.25, 0.3) is 0 Å². The SMILES string of the molecule is CN[C@H](C=O)Cc1ccc2ccoc2c1.Cl. The molecule has 1 atom stereocenters. The third-order valence-electron chi connectivity index (χ3n) is 2.51. The molecule has 0 saturated carbocycles. The summed E-state index contributed by atoms with van der Waals surface area (Å²) in [7, 11) is 1.78. The number of hydrogen-bond acceptors (Lipinski definition) is 3. The van der Waals surface area contributed by atoms with Crippen LogP contribution < -0.4 is 5.32 Å². The average Bonchev–Trinajstić information content (AvgIpc) is 2.73. The van der Waals surface area contributed by atoms with Crippen molar-refractivity contribution in [2.75, 3.05) is 7.05 Å². The van der Waals surface area contributed by atoms with Crippen LogP contribution in [-0.4, -0.2) is 19.4 Å². The normalized spacial score (nSPS) is 12.1. The van der Waals surface area contributed by atoms with Crippen molar-refractivity contribution in [1.29, 1.82) is 0 Å². The van der Waals surface area contributed by atoms with Gasteiger partial charge in [-0.1, -0.05) is 12.1 Å². The summed E-state index contributed by atoms with van der Waals surface area (Å²) >= 11 is 0. The Morgan fingerprint density at radius 3 is 2.94 bits per heavy atom. The maximum Gasteiger partial charge on any atom is 0.137 e. The van der Waals surface area contributed by atoms with E-state index in [0.29, 0.717) is 6.42 Å². The number of likely N-dealkylation sites (N-methyl/N-ethyl adjacent to an activating group) is 1. The van der Waals surface area contributed by atoms with Gasteiger partial charge in [-0.2, -0.15) is 0 Å². The largest absolute Gasteiger partial charge is 0.464 e. The molecule has 1 aromatic heterocycles. The summed E-state index contributed by atoms with van der Waals surface area (Å²) in [6.07, 6.45) is 3.28. The summed E-state index contributed by atoms with van der Waals surface area (Å²) in [6.45, 7) is 0. The Balaban J connectivity index is 0.00000128. The topological polar surface area (TPSA) is 42.2 Å². The van der Waals surface area contributed by atoms with Gasteiger partial charge in [-0.15, -0.1) is 12.4 Å². The first kappa shape index (κ1) is 12.7. The predicted octanol–water partition coefficient (Wildman–Crippen LogP) is 2.18. The molecule has 3 nitrogen and oxygen atoms in total. The first-order valence-electron chi connectivity index (χ1n) is 4.92. The Kier molecular flexibility index (Phi) is 4.52. The molecule has 2 rings (SSSR count). The molecule has 0 fully saturated rings. The van der Waals surface area contributed by atoms with Crippen LogP contribution in [0.5, 0.6) is 0 Å². The predicted molar refractivity (Wildman–Crippen MR) is 66.1 cm³/mol. The molecular formula is C12H14ClNO2. The Bertz CT molecular complexity index is 467. The molecule has 1 aromatic carbocycles. The van der Waals surface area contributed by atoms with Crippen LogP contribution in [0.2, 0.25) is 0 Å². The molecule has 1 heterocycles. The molecule has 0 aliphatic carbocycles. The molecule has 86 valence electrons. The van der Waals surface area contributed by atoms with Crippen molar-refractivity contribution in [2.24, 2.45) is 0 Å². The van der Waals surface area contributed by atoms with E-state index in [9.17, 15) is 4.79 Å². The molecule has 2 aromatic rings. The number of hydrogen-bond donors (Lipinski definition) is 1. The zero-order valence-electron chi connectivity index (χ0n) is 8.97. The second-order valence-corrected chi connectivity index (χ2v) is 3.53. The lowest BCUT2D eigenvalue weighted by molar-refractivity contribution is -0.109. The lowest BCUT2D eigenvalue weighted by Gasteiger charge is -2.08. The second-order valence-electron chi connectivity index (χ2n) is 3.53. The van der Waals surface area contributed by atoms with E-state index >= 15 is 0 Å². The minimum absolute atomic E-state index is 0. The van der Waals surface area contributed by atoms with Crippen molar-refractivity contribution in [3.63, 3.8) is 0 Å². The third-order valence-corrected chi connectivity index (χ3v) is 2.51. The van der Waals surface area contributed by atoms with E-state index in [-0.39, 0.29) is 18.4 Å². The van der Waals surface area contributed by atoms with E-state index in [2.05, 4.69) is 5.32 Å². The van der Waals surface area contributed by atoms with E-state index in [1.54, 1.807) is 13.3 Å². The maximum atomic E-state index is 10.7. The second kappa shape index (κ2) is 5.68. The van der Waals surface area contributed by atoms with Gasteiger partial charge < -0.3 is 14.5 Å². The number of rotatable bonds is 4. The molecule has 4 heteroatoms. The van der Waals surface area contributed by atoms with E-state index in [0.717, 1.165) is 22.8 Å². The number of carbonyl (C=O) groups is 1. The standard InChI is InChI=1S/C12H13NO2.ClH/c1-13-11(8-14)6-9-2-3-10-4-5-15-12(10)7-9;/h2-5,7-8,11,13H,6H2,1H3;1H/t11-;/m0./s1. The van der Waals surface area contributed by atoms with Crippen molar-refractivity contribution in [1.82, 2.24) is 5.32 Å². The lowest BCUT2D eigenvalue weighted by Crippen LogP contribution is -2.28.